The summed E-state index contributed by atoms with van der Waals surface area (Å²) < 4.78 is 0. The van der Waals surface area contributed by atoms with Gasteiger partial charge in [-0.3, -0.25) is 4.79 Å². The van der Waals surface area contributed by atoms with Crippen LogP contribution in [0, 0.1) is 0 Å². The Morgan fingerprint density at radius 3 is 2.82 bits per heavy atom. The molecule has 1 atom stereocenters. The average molecular weight is 194 g/mol. The second kappa shape index (κ2) is 3.11. The first-order chi connectivity index (χ1) is 5.15. The lowest BCUT2D eigenvalue weighted by molar-refractivity contribution is -0.105. The molecule has 0 aromatic carbocycles. The van der Waals surface area contributed by atoms with E-state index in [0.29, 0.717) is 6.29 Å². The molecule has 0 saturated carbocycles. The number of hydrogen-bond acceptors (Lipinski definition) is 4. The van der Waals surface area contributed by atoms with E-state index < -0.39 is 5.50 Å². The number of alkyl halides is 1. The lowest BCUT2D eigenvalue weighted by Crippen LogP contribution is -2.35. The van der Waals surface area contributed by atoms with Crippen molar-refractivity contribution in [1.29, 1.82) is 0 Å². The molecule has 1 aliphatic heterocycles. The molecule has 0 radical (unpaired) electrons. The standard InChI is InChI=1S/C5H5Cl2N3O/c6-3-2(1-11)4(7)10-5(8)9-3/h1,3H,(H3,8,9,10)/t3-/m1/s1. The summed E-state index contributed by atoms with van der Waals surface area (Å²) in [5.74, 6) is 0.112. The Morgan fingerprint density at radius 1 is 1.73 bits per heavy atom. The van der Waals surface area contributed by atoms with Crippen LogP contribution < -0.4 is 11.1 Å². The molecule has 0 spiro atoms. The van der Waals surface area contributed by atoms with Gasteiger partial charge in [-0.05, 0) is 0 Å². The third-order valence-electron chi connectivity index (χ3n) is 1.13. The predicted octanol–water partition coefficient (Wildman–Crippen LogP) is 0.118. The molecule has 1 aliphatic rings. The average Bonchev–Trinajstić information content (AvgIpc) is 1.85. The molecule has 0 bridgehead atoms. The SMILES string of the molecule is NC1=N[C@@H](Cl)C(C=O)=C(Cl)N1. The van der Waals surface area contributed by atoms with Crippen molar-refractivity contribution in [3.05, 3.63) is 10.7 Å². The van der Waals surface area contributed by atoms with E-state index >= 15 is 0 Å². The van der Waals surface area contributed by atoms with Crippen LogP contribution in [0.15, 0.2) is 15.7 Å². The number of rotatable bonds is 1. The summed E-state index contributed by atoms with van der Waals surface area (Å²) in [7, 11) is 0. The summed E-state index contributed by atoms with van der Waals surface area (Å²) in [6, 6.07) is 0. The lowest BCUT2D eigenvalue weighted by atomic mass is 10.3. The van der Waals surface area contributed by atoms with Crippen molar-refractivity contribution in [3.8, 4) is 0 Å². The second-order valence-electron chi connectivity index (χ2n) is 1.86. The number of hydrogen-bond donors (Lipinski definition) is 2. The van der Waals surface area contributed by atoms with Gasteiger partial charge in [-0.15, -0.1) is 0 Å². The van der Waals surface area contributed by atoms with Crippen molar-refractivity contribution < 1.29 is 4.79 Å². The van der Waals surface area contributed by atoms with Gasteiger partial charge in [0.1, 0.15) is 5.16 Å². The first-order valence-corrected chi connectivity index (χ1v) is 3.56. The molecule has 0 unspecified atom stereocenters. The van der Waals surface area contributed by atoms with E-state index in [1.807, 2.05) is 0 Å². The summed E-state index contributed by atoms with van der Waals surface area (Å²) in [5, 5.41) is 2.60. The quantitative estimate of drug-likeness (QED) is 0.354. The van der Waals surface area contributed by atoms with Crippen LogP contribution in [0.3, 0.4) is 0 Å². The Kier molecular flexibility index (Phi) is 2.36. The zero-order chi connectivity index (χ0) is 8.43. The maximum Gasteiger partial charge on any atom is 0.195 e. The van der Waals surface area contributed by atoms with Gasteiger partial charge in [-0.1, -0.05) is 23.2 Å². The zero-order valence-electron chi connectivity index (χ0n) is 5.34. The van der Waals surface area contributed by atoms with Crippen LogP contribution >= 0.6 is 23.2 Å². The number of aldehydes is 1. The van der Waals surface area contributed by atoms with E-state index in [0.717, 1.165) is 0 Å². The topological polar surface area (TPSA) is 67.5 Å². The summed E-state index contributed by atoms with van der Waals surface area (Å²) >= 11 is 11.2. The highest BCUT2D eigenvalue weighted by molar-refractivity contribution is 6.35. The minimum Gasteiger partial charge on any atom is -0.370 e. The molecule has 3 N–H and O–H groups in total. The third-order valence-corrected chi connectivity index (χ3v) is 1.77. The van der Waals surface area contributed by atoms with E-state index in [4.69, 9.17) is 28.9 Å². The summed E-state index contributed by atoms with van der Waals surface area (Å²) in [5.41, 5.74) is 4.67. The maximum atomic E-state index is 10.3. The Bertz CT molecular complexity index is 248. The van der Waals surface area contributed by atoms with E-state index in [1.54, 1.807) is 0 Å². The largest absolute Gasteiger partial charge is 0.370 e. The Hall–Kier alpha value is -0.740. The van der Waals surface area contributed by atoms with Crippen LogP contribution in [0.4, 0.5) is 0 Å². The highest BCUT2D eigenvalue weighted by atomic mass is 35.5. The smallest absolute Gasteiger partial charge is 0.195 e. The van der Waals surface area contributed by atoms with E-state index in [9.17, 15) is 4.79 Å². The van der Waals surface area contributed by atoms with Gasteiger partial charge in [-0.25, -0.2) is 4.99 Å². The Labute approximate surface area is 73.1 Å². The monoisotopic (exact) mass is 193 g/mol. The summed E-state index contributed by atoms with van der Waals surface area (Å²) in [6.07, 6.45) is 0.545. The Balaban J connectivity index is 2.93. The third kappa shape index (κ3) is 1.64. The van der Waals surface area contributed by atoms with Crippen molar-refractivity contribution in [1.82, 2.24) is 5.32 Å². The minimum atomic E-state index is -0.777. The molecule has 0 saturated heterocycles. The molecule has 0 fully saturated rings. The molecule has 60 valence electrons. The fourth-order valence-corrected chi connectivity index (χ4v) is 1.19. The van der Waals surface area contributed by atoms with Crippen LogP contribution in [-0.4, -0.2) is 17.7 Å². The molecule has 0 aliphatic carbocycles. The first kappa shape index (κ1) is 8.36. The van der Waals surface area contributed by atoms with E-state index in [-0.39, 0.29) is 16.7 Å². The number of nitrogens with two attached hydrogens (primary N) is 1. The molecule has 0 amide bonds. The van der Waals surface area contributed by atoms with Crippen LogP contribution in [-0.2, 0) is 4.79 Å². The van der Waals surface area contributed by atoms with Crippen LogP contribution in [0.5, 0.6) is 0 Å². The zero-order valence-corrected chi connectivity index (χ0v) is 6.86. The van der Waals surface area contributed by atoms with Crippen molar-refractivity contribution in [2.45, 2.75) is 5.50 Å². The number of carbonyl (C=O) groups excluding carboxylic acids is 1. The predicted molar refractivity (Wildman–Crippen MR) is 43.3 cm³/mol. The molecule has 0 aromatic rings. The van der Waals surface area contributed by atoms with Crippen LogP contribution in [0.2, 0.25) is 0 Å². The highest BCUT2D eigenvalue weighted by Gasteiger charge is 2.19. The van der Waals surface area contributed by atoms with Gasteiger partial charge >= 0.3 is 0 Å². The van der Waals surface area contributed by atoms with Gasteiger partial charge in [0.2, 0.25) is 0 Å². The molecule has 6 heteroatoms. The first-order valence-electron chi connectivity index (χ1n) is 2.74. The molecule has 11 heavy (non-hydrogen) atoms. The van der Waals surface area contributed by atoms with Gasteiger partial charge in [0.15, 0.2) is 17.7 Å². The van der Waals surface area contributed by atoms with Gasteiger partial charge in [0.25, 0.3) is 0 Å². The molecular weight excluding hydrogens is 189 g/mol. The maximum absolute atomic E-state index is 10.3. The van der Waals surface area contributed by atoms with E-state index in [1.165, 1.54) is 0 Å². The molecule has 1 rings (SSSR count). The van der Waals surface area contributed by atoms with Crippen molar-refractivity contribution in [2.75, 3.05) is 0 Å². The van der Waals surface area contributed by atoms with E-state index in [2.05, 4.69) is 10.3 Å². The lowest BCUT2D eigenvalue weighted by Gasteiger charge is -2.15. The molecule has 1 heterocycles. The number of carbonyl (C=O) groups is 1. The van der Waals surface area contributed by atoms with Gasteiger partial charge < -0.3 is 11.1 Å². The van der Waals surface area contributed by atoms with Crippen molar-refractivity contribution >= 4 is 35.4 Å². The second-order valence-corrected chi connectivity index (χ2v) is 2.65. The number of halogens is 2. The van der Waals surface area contributed by atoms with Crippen molar-refractivity contribution in [3.63, 3.8) is 0 Å². The molecular formula is C5H5Cl2N3O. The van der Waals surface area contributed by atoms with Gasteiger partial charge in [0.05, 0.1) is 5.57 Å². The molecule has 0 aromatic heterocycles. The van der Waals surface area contributed by atoms with Crippen LogP contribution in [0.1, 0.15) is 0 Å². The fourth-order valence-electron chi connectivity index (χ4n) is 0.621. The molecule has 4 nitrogen and oxygen atoms in total. The fraction of sp³-hybridized carbons (Fsp3) is 0.200. The van der Waals surface area contributed by atoms with Crippen LogP contribution in [0.25, 0.3) is 0 Å². The van der Waals surface area contributed by atoms with Gasteiger partial charge in [-0.2, -0.15) is 0 Å². The van der Waals surface area contributed by atoms with Crippen molar-refractivity contribution in [2.24, 2.45) is 10.7 Å². The number of nitrogens with one attached hydrogen (secondary N) is 1. The number of nitrogens with zero attached hydrogens (tertiary/aromatic N) is 1. The van der Waals surface area contributed by atoms with Gasteiger partial charge in [0, 0.05) is 0 Å². The Morgan fingerprint density at radius 2 is 2.36 bits per heavy atom. The summed E-state index contributed by atoms with van der Waals surface area (Å²) in [6.45, 7) is 0. The normalized spacial score (nSPS) is 24.2. The highest BCUT2D eigenvalue weighted by Crippen LogP contribution is 2.18. The number of aliphatic imine (C=N–C) groups is 1. The summed E-state index contributed by atoms with van der Waals surface area (Å²) in [4.78, 5) is 14.0. The minimum absolute atomic E-state index is 0.112. The number of guanidine groups is 1.